The molecule has 14 heavy (non-hydrogen) atoms. The van der Waals surface area contributed by atoms with Gasteiger partial charge in [0.05, 0.1) is 5.02 Å². The van der Waals surface area contributed by atoms with Gasteiger partial charge >= 0.3 is 0 Å². The first kappa shape index (κ1) is 10.1. The van der Waals surface area contributed by atoms with Crippen LogP contribution in [0.15, 0.2) is 28.2 Å². The highest BCUT2D eigenvalue weighted by atomic mass is 79.9. The van der Waals surface area contributed by atoms with Gasteiger partial charge in [0.2, 0.25) is 0 Å². The lowest BCUT2D eigenvalue weighted by atomic mass is 10.1. The van der Waals surface area contributed by atoms with E-state index in [2.05, 4.69) is 20.9 Å². The van der Waals surface area contributed by atoms with E-state index < -0.39 is 0 Å². The quantitative estimate of drug-likeness (QED) is 0.751. The van der Waals surface area contributed by atoms with E-state index in [0.717, 1.165) is 25.8 Å². The molecule has 0 N–H and O–H groups in total. The number of benzene rings is 1. The fraction of sp³-hybridized carbons (Fsp3) is 0.100. The molecule has 0 saturated heterocycles. The number of hydrogen-bond acceptors (Lipinski definition) is 2. The molecule has 2 aromatic rings. The van der Waals surface area contributed by atoms with E-state index in [0.29, 0.717) is 0 Å². The van der Waals surface area contributed by atoms with Gasteiger partial charge in [-0.15, -0.1) is 11.3 Å². The van der Waals surface area contributed by atoms with Gasteiger partial charge in [-0.25, -0.2) is 4.98 Å². The lowest BCUT2D eigenvalue weighted by Crippen LogP contribution is -1.79. The zero-order valence-corrected chi connectivity index (χ0v) is 10.6. The third-order valence-corrected chi connectivity index (χ3v) is 3.73. The molecule has 0 saturated carbocycles. The molecule has 1 nitrogen and oxygen atoms in total. The number of halogens is 2. The summed E-state index contributed by atoms with van der Waals surface area (Å²) in [5.41, 5.74) is 2.15. The molecule has 0 bridgehead atoms. The van der Waals surface area contributed by atoms with Crippen molar-refractivity contribution in [3.63, 3.8) is 0 Å². The van der Waals surface area contributed by atoms with Gasteiger partial charge in [-0.05, 0) is 34.5 Å². The first-order valence-electron chi connectivity index (χ1n) is 4.04. The van der Waals surface area contributed by atoms with Crippen LogP contribution in [0.2, 0.25) is 5.02 Å². The Morgan fingerprint density at radius 1 is 1.43 bits per heavy atom. The molecule has 0 unspecified atom stereocenters. The van der Waals surface area contributed by atoms with Crippen LogP contribution >= 0.6 is 38.9 Å². The minimum Gasteiger partial charge on any atom is -0.229 e. The molecule has 72 valence electrons. The van der Waals surface area contributed by atoms with E-state index in [-0.39, 0.29) is 0 Å². The van der Waals surface area contributed by atoms with Crippen molar-refractivity contribution in [2.24, 2.45) is 0 Å². The number of thiazole rings is 1. The first-order valence-corrected chi connectivity index (χ1v) is 6.09. The van der Waals surface area contributed by atoms with Gasteiger partial charge < -0.3 is 0 Å². The maximum atomic E-state index is 6.12. The molecule has 0 fully saturated rings. The topological polar surface area (TPSA) is 12.9 Å². The molecule has 0 amide bonds. The van der Waals surface area contributed by atoms with E-state index in [1.165, 1.54) is 0 Å². The van der Waals surface area contributed by atoms with Crippen LogP contribution in [0.1, 0.15) is 5.56 Å². The van der Waals surface area contributed by atoms with E-state index in [1.807, 2.05) is 30.5 Å². The third kappa shape index (κ3) is 2.00. The van der Waals surface area contributed by atoms with Crippen LogP contribution in [0.5, 0.6) is 0 Å². The largest absolute Gasteiger partial charge is 0.229 e. The minimum absolute atomic E-state index is 0.756. The predicted octanol–water partition coefficient (Wildman–Crippen LogP) is 4.53. The van der Waals surface area contributed by atoms with Crippen LogP contribution in [-0.4, -0.2) is 4.98 Å². The smallest absolute Gasteiger partial charge is 0.126 e. The first-order chi connectivity index (χ1) is 6.66. The number of nitrogens with zero attached hydrogens (tertiary/aromatic N) is 1. The van der Waals surface area contributed by atoms with E-state index >= 15 is 0 Å². The predicted molar refractivity (Wildman–Crippen MR) is 65.0 cm³/mol. The fourth-order valence-electron chi connectivity index (χ4n) is 1.17. The molecule has 0 aliphatic heterocycles. The second kappa shape index (κ2) is 4.01. The highest BCUT2D eigenvalue weighted by Crippen LogP contribution is 2.32. The van der Waals surface area contributed by atoms with Gasteiger partial charge in [-0.2, -0.15) is 0 Å². The lowest BCUT2D eigenvalue weighted by Gasteiger charge is -2.00. The standard InChI is InChI=1S/C10H7BrClNS/c1-6-2-3-7(8(12)4-6)10-13-9(11)5-14-10/h2-5H,1H3. The van der Waals surface area contributed by atoms with Crippen LogP contribution in [0.4, 0.5) is 0 Å². The summed E-state index contributed by atoms with van der Waals surface area (Å²) in [6.07, 6.45) is 0. The highest BCUT2D eigenvalue weighted by Gasteiger charge is 2.07. The van der Waals surface area contributed by atoms with Crippen LogP contribution in [-0.2, 0) is 0 Å². The van der Waals surface area contributed by atoms with Crippen molar-refractivity contribution in [2.75, 3.05) is 0 Å². The average molecular weight is 289 g/mol. The van der Waals surface area contributed by atoms with Crippen molar-refractivity contribution in [3.8, 4) is 10.6 Å². The summed E-state index contributed by atoms with van der Waals surface area (Å²) >= 11 is 11.0. The number of hydrogen-bond donors (Lipinski definition) is 0. The third-order valence-electron chi connectivity index (χ3n) is 1.83. The maximum Gasteiger partial charge on any atom is 0.126 e. The van der Waals surface area contributed by atoms with Crippen LogP contribution in [0.25, 0.3) is 10.6 Å². The van der Waals surface area contributed by atoms with Gasteiger partial charge in [0.1, 0.15) is 9.61 Å². The normalized spacial score (nSPS) is 10.5. The van der Waals surface area contributed by atoms with Crippen molar-refractivity contribution in [3.05, 3.63) is 38.8 Å². The summed E-state index contributed by atoms with van der Waals surface area (Å²) in [6, 6.07) is 5.99. The maximum absolute atomic E-state index is 6.12. The number of aryl methyl sites for hydroxylation is 1. The van der Waals surface area contributed by atoms with Crippen molar-refractivity contribution < 1.29 is 0 Å². The minimum atomic E-state index is 0.756. The Bertz CT molecular complexity index is 467. The molecule has 0 aliphatic rings. The van der Waals surface area contributed by atoms with E-state index in [1.54, 1.807) is 11.3 Å². The molecular weight excluding hydrogens is 282 g/mol. The van der Waals surface area contributed by atoms with E-state index in [9.17, 15) is 0 Å². The zero-order valence-electron chi connectivity index (χ0n) is 7.42. The molecule has 1 aromatic heterocycles. The average Bonchev–Trinajstić information content (AvgIpc) is 2.51. The number of aromatic nitrogens is 1. The Balaban J connectivity index is 2.52. The molecule has 2 rings (SSSR count). The summed E-state index contributed by atoms with van der Waals surface area (Å²) in [6.45, 7) is 2.02. The highest BCUT2D eigenvalue weighted by molar-refractivity contribution is 9.10. The zero-order chi connectivity index (χ0) is 10.1. The Morgan fingerprint density at radius 2 is 2.21 bits per heavy atom. The SMILES string of the molecule is Cc1ccc(-c2nc(Br)cs2)c(Cl)c1. The second-order valence-corrected chi connectivity index (χ2v) is 5.04. The number of rotatable bonds is 1. The molecular formula is C10H7BrClNS. The molecule has 0 spiro atoms. The lowest BCUT2D eigenvalue weighted by molar-refractivity contribution is 1.35. The molecule has 1 aromatic carbocycles. The Hall–Kier alpha value is -0.380. The summed E-state index contributed by atoms with van der Waals surface area (Å²) in [5, 5.41) is 3.65. The second-order valence-electron chi connectivity index (χ2n) is 2.96. The van der Waals surface area contributed by atoms with Gasteiger partial charge in [0.15, 0.2) is 0 Å². The monoisotopic (exact) mass is 287 g/mol. The van der Waals surface area contributed by atoms with Gasteiger partial charge in [-0.3, -0.25) is 0 Å². The van der Waals surface area contributed by atoms with Crippen LogP contribution in [0.3, 0.4) is 0 Å². The van der Waals surface area contributed by atoms with Gasteiger partial charge in [-0.1, -0.05) is 23.7 Å². The summed E-state index contributed by atoms with van der Waals surface area (Å²) in [5.74, 6) is 0. The Morgan fingerprint density at radius 3 is 2.79 bits per heavy atom. The summed E-state index contributed by atoms with van der Waals surface area (Å²) in [7, 11) is 0. The van der Waals surface area contributed by atoms with Crippen molar-refractivity contribution in [2.45, 2.75) is 6.92 Å². The molecule has 0 atom stereocenters. The molecule has 4 heteroatoms. The molecule has 0 radical (unpaired) electrons. The van der Waals surface area contributed by atoms with Crippen molar-refractivity contribution in [1.82, 2.24) is 4.98 Å². The van der Waals surface area contributed by atoms with Crippen molar-refractivity contribution >= 4 is 38.9 Å². The summed E-state index contributed by atoms with van der Waals surface area (Å²) < 4.78 is 0.856. The fourth-order valence-corrected chi connectivity index (χ4v) is 2.84. The van der Waals surface area contributed by atoms with Crippen LogP contribution in [0, 0.1) is 6.92 Å². The summed E-state index contributed by atoms with van der Waals surface area (Å²) in [4.78, 5) is 4.32. The molecule has 0 aliphatic carbocycles. The Labute approximate surface area is 99.9 Å². The Kier molecular flexibility index (Phi) is 2.91. The van der Waals surface area contributed by atoms with Gasteiger partial charge in [0.25, 0.3) is 0 Å². The van der Waals surface area contributed by atoms with E-state index in [4.69, 9.17) is 11.6 Å². The van der Waals surface area contributed by atoms with Crippen molar-refractivity contribution in [1.29, 1.82) is 0 Å². The molecule has 1 heterocycles. The van der Waals surface area contributed by atoms with Crippen LogP contribution < -0.4 is 0 Å². The van der Waals surface area contributed by atoms with Gasteiger partial charge in [0, 0.05) is 10.9 Å².